The Labute approximate surface area is 199 Å². The van der Waals surface area contributed by atoms with Gasteiger partial charge in [0.2, 0.25) is 5.91 Å². The van der Waals surface area contributed by atoms with Crippen LogP contribution in [0.4, 0.5) is 15.8 Å². The van der Waals surface area contributed by atoms with Crippen molar-refractivity contribution in [3.05, 3.63) is 106 Å². The van der Waals surface area contributed by atoms with Gasteiger partial charge in [0.1, 0.15) is 22.5 Å². The molecule has 1 aliphatic rings. The summed E-state index contributed by atoms with van der Waals surface area (Å²) in [6.45, 7) is 0. The summed E-state index contributed by atoms with van der Waals surface area (Å²) in [5.41, 5.74) is 1.62. The first-order valence-corrected chi connectivity index (χ1v) is 11.2. The Hall–Kier alpha value is -3.60. The van der Waals surface area contributed by atoms with Gasteiger partial charge in [-0.05, 0) is 60.5 Å². The number of carbonyl (C=O) groups is 2. The van der Waals surface area contributed by atoms with Gasteiger partial charge in [-0.25, -0.2) is 4.39 Å². The lowest BCUT2D eigenvalue weighted by Gasteiger charge is -2.18. The minimum atomic E-state index is -0.674. The summed E-state index contributed by atoms with van der Waals surface area (Å²) >= 11 is 7.14. The molecule has 1 fully saturated rings. The predicted molar refractivity (Wildman–Crippen MR) is 128 cm³/mol. The largest absolute Gasteiger partial charge is 0.321 e. The summed E-state index contributed by atoms with van der Waals surface area (Å²) in [6, 6.07) is 23.2. The van der Waals surface area contributed by atoms with Crippen molar-refractivity contribution in [3.63, 3.8) is 0 Å². The van der Waals surface area contributed by atoms with Crippen molar-refractivity contribution in [2.24, 2.45) is 0 Å². The second kappa shape index (κ2) is 9.90. The summed E-state index contributed by atoms with van der Waals surface area (Å²) in [5.74, 6) is -1.34. The van der Waals surface area contributed by atoms with Crippen LogP contribution in [0.15, 0.2) is 89.5 Å². The molecule has 2 amide bonds. The van der Waals surface area contributed by atoms with Gasteiger partial charge in [-0.1, -0.05) is 53.7 Å². The highest BCUT2D eigenvalue weighted by Crippen LogP contribution is 2.42. The molecule has 1 N–H and O–H groups in total. The zero-order chi connectivity index (χ0) is 23.4. The summed E-state index contributed by atoms with van der Waals surface area (Å²) in [6.07, 6.45) is 0.409. The van der Waals surface area contributed by atoms with E-state index in [4.69, 9.17) is 11.6 Å². The lowest BCUT2D eigenvalue weighted by molar-refractivity contribution is -0.117. The number of benzene rings is 3. The predicted octanol–water partition coefficient (Wildman–Crippen LogP) is 5.54. The lowest BCUT2D eigenvalue weighted by Crippen LogP contribution is -2.30. The molecular weight excluding hydrogens is 461 g/mol. The van der Waals surface area contributed by atoms with Crippen LogP contribution in [0.5, 0.6) is 0 Å². The van der Waals surface area contributed by atoms with Crippen molar-refractivity contribution in [1.29, 1.82) is 5.26 Å². The van der Waals surface area contributed by atoms with E-state index in [0.717, 1.165) is 5.56 Å². The molecule has 1 atom stereocenters. The molecule has 0 radical (unpaired) electrons. The maximum absolute atomic E-state index is 13.4. The van der Waals surface area contributed by atoms with Gasteiger partial charge in [0.05, 0.1) is 5.25 Å². The van der Waals surface area contributed by atoms with Crippen molar-refractivity contribution in [2.75, 3.05) is 10.2 Å². The quantitative estimate of drug-likeness (QED) is 0.386. The molecule has 0 spiro atoms. The Bertz CT molecular complexity index is 1260. The fourth-order valence-electron chi connectivity index (χ4n) is 3.36. The Kier molecular flexibility index (Phi) is 6.78. The van der Waals surface area contributed by atoms with Gasteiger partial charge < -0.3 is 5.32 Å². The van der Waals surface area contributed by atoms with Gasteiger partial charge in [-0.2, -0.15) is 5.26 Å². The van der Waals surface area contributed by atoms with E-state index >= 15 is 0 Å². The number of nitriles is 1. The van der Waals surface area contributed by atoms with Crippen LogP contribution in [0, 0.1) is 17.1 Å². The second-order valence-electron chi connectivity index (χ2n) is 7.20. The van der Waals surface area contributed by atoms with Crippen molar-refractivity contribution in [3.8, 4) is 6.07 Å². The molecule has 1 aliphatic heterocycles. The zero-order valence-electron chi connectivity index (χ0n) is 17.2. The Morgan fingerprint density at radius 1 is 1.06 bits per heavy atom. The van der Waals surface area contributed by atoms with E-state index in [2.05, 4.69) is 5.32 Å². The molecule has 3 aromatic carbocycles. The second-order valence-corrected chi connectivity index (χ2v) is 8.83. The third-order valence-corrected chi connectivity index (χ3v) is 6.47. The summed E-state index contributed by atoms with van der Waals surface area (Å²) < 4.78 is 13.2. The molecule has 1 unspecified atom stereocenters. The smallest absolute Gasteiger partial charge is 0.269 e. The van der Waals surface area contributed by atoms with E-state index in [9.17, 15) is 19.2 Å². The van der Waals surface area contributed by atoms with E-state index in [0.29, 0.717) is 22.8 Å². The van der Waals surface area contributed by atoms with E-state index in [-0.39, 0.29) is 16.5 Å². The number of para-hydroxylation sites is 1. The highest BCUT2D eigenvalue weighted by molar-refractivity contribution is 8.05. The average molecular weight is 478 g/mol. The zero-order valence-corrected chi connectivity index (χ0v) is 18.7. The molecular formula is C25H17ClFN3O2S. The molecule has 0 bridgehead atoms. The van der Waals surface area contributed by atoms with Crippen molar-refractivity contribution >= 4 is 46.6 Å². The normalized spacial score (nSPS) is 16.9. The topological polar surface area (TPSA) is 73.2 Å². The van der Waals surface area contributed by atoms with Gasteiger partial charge in [0.15, 0.2) is 0 Å². The molecule has 5 nitrogen and oxygen atoms in total. The van der Waals surface area contributed by atoms with Crippen LogP contribution in [-0.2, 0) is 16.0 Å². The number of anilines is 2. The molecule has 0 saturated carbocycles. The van der Waals surface area contributed by atoms with Gasteiger partial charge in [0.25, 0.3) is 5.91 Å². The van der Waals surface area contributed by atoms with Crippen molar-refractivity contribution < 1.29 is 14.0 Å². The van der Waals surface area contributed by atoms with E-state index in [1.54, 1.807) is 36.4 Å². The monoisotopic (exact) mass is 477 g/mol. The van der Waals surface area contributed by atoms with Crippen LogP contribution in [0.25, 0.3) is 0 Å². The molecule has 8 heteroatoms. The van der Waals surface area contributed by atoms with Gasteiger partial charge >= 0.3 is 0 Å². The number of hydrogen-bond donors (Lipinski definition) is 1. The van der Waals surface area contributed by atoms with Crippen LogP contribution in [0.1, 0.15) is 5.56 Å². The molecule has 1 heterocycles. The van der Waals surface area contributed by atoms with Gasteiger partial charge in [-0.3, -0.25) is 14.5 Å². The molecule has 1 saturated heterocycles. The van der Waals surface area contributed by atoms with Crippen LogP contribution >= 0.6 is 23.4 Å². The Balaban J connectivity index is 1.70. The summed E-state index contributed by atoms with van der Waals surface area (Å²) in [7, 11) is 0. The van der Waals surface area contributed by atoms with Gasteiger partial charge in [0, 0.05) is 16.4 Å². The molecule has 33 heavy (non-hydrogen) atoms. The van der Waals surface area contributed by atoms with Crippen LogP contribution < -0.4 is 10.2 Å². The molecule has 0 aliphatic carbocycles. The van der Waals surface area contributed by atoms with Crippen LogP contribution in [0.2, 0.25) is 5.02 Å². The maximum atomic E-state index is 13.4. The fourth-order valence-corrected chi connectivity index (χ4v) is 4.79. The maximum Gasteiger partial charge on any atom is 0.269 e. The fraction of sp³-hybridized carbons (Fsp3) is 0.0800. The SMILES string of the molecule is N#CC(C(=O)Nc1ccc(F)cc1)=C1SC(Cc2ccc(Cl)cc2)C(=O)N1c1ccccc1. The third-order valence-electron chi connectivity index (χ3n) is 4.96. The molecule has 164 valence electrons. The first-order chi connectivity index (χ1) is 16.0. The number of nitrogens with one attached hydrogen (secondary N) is 1. The van der Waals surface area contributed by atoms with Crippen LogP contribution in [0.3, 0.4) is 0 Å². The number of halogens is 2. The Morgan fingerprint density at radius 3 is 2.36 bits per heavy atom. The van der Waals surface area contributed by atoms with Crippen molar-refractivity contribution in [2.45, 2.75) is 11.7 Å². The number of rotatable bonds is 5. The molecule has 3 aromatic rings. The number of thioether (sulfide) groups is 1. The van der Waals surface area contributed by atoms with Crippen LogP contribution in [-0.4, -0.2) is 17.1 Å². The lowest BCUT2D eigenvalue weighted by atomic mass is 10.1. The highest BCUT2D eigenvalue weighted by Gasteiger charge is 2.40. The number of hydrogen-bond acceptors (Lipinski definition) is 4. The third kappa shape index (κ3) is 5.08. The first-order valence-electron chi connectivity index (χ1n) is 9.97. The summed E-state index contributed by atoms with van der Waals surface area (Å²) in [4.78, 5) is 27.7. The minimum Gasteiger partial charge on any atom is -0.321 e. The standard InChI is InChI=1S/C25H17ClFN3O2S/c26-17-8-6-16(7-9-17)14-22-24(32)30(20-4-2-1-3-5-20)25(33-22)21(15-28)23(31)29-19-12-10-18(27)11-13-19/h1-13,22H,14H2,(H,29,31). The minimum absolute atomic E-state index is 0.194. The highest BCUT2D eigenvalue weighted by atomic mass is 35.5. The first kappa shape index (κ1) is 22.6. The molecule has 0 aromatic heterocycles. The van der Waals surface area contributed by atoms with Gasteiger partial charge in [-0.15, -0.1) is 0 Å². The summed E-state index contributed by atoms with van der Waals surface area (Å²) in [5, 5.41) is 12.8. The van der Waals surface area contributed by atoms with E-state index in [1.165, 1.54) is 40.9 Å². The molecule has 4 rings (SSSR count). The van der Waals surface area contributed by atoms with E-state index < -0.39 is 17.0 Å². The number of amides is 2. The Morgan fingerprint density at radius 2 is 1.73 bits per heavy atom. The average Bonchev–Trinajstić information content (AvgIpc) is 3.13. The number of carbonyl (C=O) groups excluding carboxylic acids is 2. The van der Waals surface area contributed by atoms with E-state index in [1.807, 2.05) is 24.3 Å². The van der Waals surface area contributed by atoms with Crippen molar-refractivity contribution in [1.82, 2.24) is 0 Å². The number of nitrogens with zero attached hydrogens (tertiary/aromatic N) is 2.